The first-order chi connectivity index (χ1) is 8.14. The first-order valence-corrected chi connectivity index (χ1v) is 6.68. The fourth-order valence-electron chi connectivity index (χ4n) is 2.32. The highest BCUT2D eigenvalue weighted by Crippen LogP contribution is 2.22. The largest absolute Gasteiger partial charge is 0.394 e. The van der Waals surface area contributed by atoms with Crippen molar-refractivity contribution in [2.24, 2.45) is 5.41 Å². The van der Waals surface area contributed by atoms with Gasteiger partial charge in [-0.05, 0) is 13.8 Å². The third-order valence-corrected chi connectivity index (χ3v) is 3.25. The average molecular weight is 257 g/mol. The van der Waals surface area contributed by atoms with Crippen molar-refractivity contribution >= 4 is 5.78 Å². The molecule has 0 aliphatic carbocycles. The molecule has 1 saturated heterocycles. The molecule has 4 nitrogen and oxygen atoms in total. The van der Waals surface area contributed by atoms with Crippen LogP contribution < -0.4 is 0 Å². The Morgan fingerprint density at radius 3 is 2.56 bits per heavy atom. The number of morpholine rings is 1. The molecule has 0 radical (unpaired) electrons. The van der Waals surface area contributed by atoms with Crippen LogP contribution in [0.2, 0.25) is 0 Å². The normalized spacial score (nSPS) is 25.1. The first kappa shape index (κ1) is 15.6. The SMILES string of the molecule is CC1(C)CN(CCC(=O)C(C)(C)C)CC(CO)O1. The van der Waals surface area contributed by atoms with Crippen molar-refractivity contribution in [3.05, 3.63) is 0 Å². The number of nitrogens with zero attached hydrogens (tertiary/aromatic N) is 1. The molecule has 1 aliphatic heterocycles. The first-order valence-electron chi connectivity index (χ1n) is 6.68. The third-order valence-electron chi connectivity index (χ3n) is 3.25. The number of ether oxygens (including phenoxy) is 1. The average Bonchev–Trinajstić information content (AvgIpc) is 2.22. The van der Waals surface area contributed by atoms with E-state index in [1.807, 2.05) is 34.6 Å². The molecule has 0 amide bonds. The van der Waals surface area contributed by atoms with Crippen molar-refractivity contribution in [3.8, 4) is 0 Å². The number of carbonyl (C=O) groups is 1. The maximum atomic E-state index is 11.9. The summed E-state index contributed by atoms with van der Waals surface area (Å²) in [5.41, 5.74) is -0.519. The number of rotatable bonds is 4. The molecule has 0 aromatic heterocycles. The number of ketones is 1. The zero-order valence-electron chi connectivity index (χ0n) is 12.3. The van der Waals surface area contributed by atoms with Gasteiger partial charge in [-0.15, -0.1) is 0 Å². The Morgan fingerprint density at radius 2 is 2.06 bits per heavy atom. The Hall–Kier alpha value is -0.450. The van der Waals surface area contributed by atoms with Gasteiger partial charge in [-0.25, -0.2) is 0 Å². The molecule has 0 aromatic rings. The number of Topliss-reactive ketones (excluding diaryl/α,β-unsaturated/α-hetero) is 1. The highest BCUT2D eigenvalue weighted by Gasteiger charge is 2.33. The van der Waals surface area contributed by atoms with Gasteiger partial charge in [0, 0.05) is 31.5 Å². The minimum Gasteiger partial charge on any atom is -0.394 e. The van der Waals surface area contributed by atoms with Crippen LogP contribution in [0.3, 0.4) is 0 Å². The standard InChI is InChI=1S/C14H27NO3/c1-13(2,3)12(17)6-7-15-8-11(9-16)18-14(4,5)10-15/h11,16H,6-10H2,1-5H3. The summed E-state index contributed by atoms with van der Waals surface area (Å²) >= 11 is 0. The summed E-state index contributed by atoms with van der Waals surface area (Å²) in [6.45, 7) is 12.2. The van der Waals surface area contributed by atoms with Gasteiger partial charge in [-0.3, -0.25) is 9.69 Å². The Labute approximate surface area is 110 Å². The van der Waals surface area contributed by atoms with Gasteiger partial charge >= 0.3 is 0 Å². The van der Waals surface area contributed by atoms with Crippen LogP contribution in [-0.4, -0.2) is 53.7 Å². The zero-order chi connectivity index (χ0) is 14.0. The number of hydrogen-bond donors (Lipinski definition) is 1. The summed E-state index contributed by atoms with van der Waals surface area (Å²) in [6, 6.07) is 0. The molecule has 1 heterocycles. The van der Waals surface area contributed by atoms with E-state index in [1.165, 1.54) is 0 Å². The van der Waals surface area contributed by atoms with Crippen molar-refractivity contribution in [1.29, 1.82) is 0 Å². The number of carbonyl (C=O) groups excluding carboxylic acids is 1. The second-order valence-corrected chi connectivity index (χ2v) is 6.84. The lowest BCUT2D eigenvalue weighted by atomic mass is 9.89. The monoisotopic (exact) mass is 257 g/mol. The Balaban J connectivity index is 2.49. The number of hydrogen-bond acceptors (Lipinski definition) is 4. The number of aliphatic hydroxyl groups excluding tert-OH is 1. The Bertz CT molecular complexity index is 294. The summed E-state index contributed by atoms with van der Waals surface area (Å²) < 4.78 is 5.75. The van der Waals surface area contributed by atoms with E-state index in [4.69, 9.17) is 4.74 Å². The quantitative estimate of drug-likeness (QED) is 0.828. The molecule has 1 fully saturated rings. The predicted octanol–water partition coefficient (Wildman–Crippen LogP) is 1.46. The molecular formula is C14H27NO3. The fraction of sp³-hybridized carbons (Fsp3) is 0.929. The van der Waals surface area contributed by atoms with Crippen LogP contribution in [-0.2, 0) is 9.53 Å². The van der Waals surface area contributed by atoms with Crippen LogP contribution in [0.1, 0.15) is 41.0 Å². The smallest absolute Gasteiger partial charge is 0.139 e. The lowest BCUT2D eigenvalue weighted by molar-refractivity contribution is -0.150. The second-order valence-electron chi connectivity index (χ2n) is 6.84. The molecule has 1 atom stereocenters. The molecular weight excluding hydrogens is 230 g/mol. The zero-order valence-corrected chi connectivity index (χ0v) is 12.3. The Kier molecular flexibility index (Phi) is 4.92. The van der Waals surface area contributed by atoms with Gasteiger partial charge in [0.2, 0.25) is 0 Å². The molecule has 0 saturated carbocycles. The molecule has 4 heteroatoms. The van der Waals surface area contributed by atoms with Crippen LogP contribution in [0, 0.1) is 5.41 Å². The van der Waals surface area contributed by atoms with Crippen LogP contribution >= 0.6 is 0 Å². The van der Waals surface area contributed by atoms with Crippen LogP contribution in [0.25, 0.3) is 0 Å². The van der Waals surface area contributed by atoms with Gasteiger partial charge in [0.05, 0.1) is 18.3 Å². The van der Waals surface area contributed by atoms with Crippen molar-refractivity contribution in [2.75, 3.05) is 26.2 Å². The lowest BCUT2D eigenvalue weighted by Gasteiger charge is -2.42. The summed E-state index contributed by atoms with van der Waals surface area (Å²) in [4.78, 5) is 14.1. The van der Waals surface area contributed by atoms with Gasteiger partial charge in [-0.2, -0.15) is 0 Å². The molecule has 0 aromatic carbocycles. The van der Waals surface area contributed by atoms with Crippen LogP contribution in [0.4, 0.5) is 0 Å². The summed E-state index contributed by atoms with van der Waals surface area (Å²) in [5.74, 6) is 0.285. The summed E-state index contributed by atoms with van der Waals surface area (Å²) in [6.07, 6.45) is 0.427. The van der Waals surface area contributed by atoms with E-state index in [9.17, 15) is 9.90 Å². The van der Waals surface area contributed by atoms with Gasteiger partial charge < -0.3 is 9.84 Å². The maximum absolute atomic E-state index is 11.9. The number of aliphatic hydroxyl groups is 1. The maximum Gasteiger partial charge on any atom is 0.139 e. The van der Waals surface area contributed by atoms with Gasteiger partial charge in [-0.1, -0.05) is 20.8 Å². The van der Waals surface area contributed by atoms with E-state index in [2.05, 4.69) is 4.90 Å². The van der Waals surface area contributed by atoms with Crippen LogP contribution in [0.15, 0.2) is 0 Å². The van der Waals surface area contributed by atoms with Gasteiger partial charge in [0.15, 0.2) is 0 Å². The summed E-state index contributed by atoms with van der Waals surface area (Å²) in [5, 5.41) is 9.23. The van der Waals surface area contributed by atoms with Crippen molar-refractivity contribution in [1.82, 2.24) is 4.90 Å². The highest BCUT2D eigenvalue weighted by atomic mass is 16.5. The molecule has 1 aliphatic rings. The molecule has 0 spiro atoms. The third kappa shape index (κ3) is 4.67. The molecule has 1 rings (SSSR count). The van der Waals surface area contributed by atoms with E-state index in [-0.39, 0.29) is 29.5 Å². The van der Waals surface area contributed by atoms with E-state index in [0.29, 0.717) is 13.0 Å². The molecule has 18 heavy (non-hydrogen) atoms. The summed E-state index contributed by atoms with van der Waals surface area (Å²) in [7, 11) is 0. The fourth-order valence-corrected chi connectivity index (χ4v) is 2.32. The lowest BCUT2D eigenvalue weighted by Crippen LogP contribution is -2.54. The van der Waals surface area contributed by atoms with E-state index >= 15 is 0 Å². The van der Waals surface area contributed by atoms with Gasteiger partial charge in [0.25, 0.3) is 0 Å². The van der Waals surface area contributed by atoms with E-state index in [1.54, 1.807) is 0 Å². The molecule has 0 bridgehead atoms. The topological polar surface area (TPSA) is 49.8 Å². The molecule has 1 N–H and O–H groups in total. The highest BCUT2D eigenvalue weighted by molar-refractivity contribution is 5.83. The minimum atomic E-state index is -0.266. The van der Waals surface area contributed by atoms with E-state index < -0.39 is 0 Å². The van der Waals surface area contributed by atoms with Crippen LogP contribution in [0.5, 0.6) is 0 Å². The van der Waals surface area contributed by atoms with E-state index in [0.717, 1.165) is 13.1 Å². The Morgan fingerprint density at radius 1 is 1.44 bits per heavy atom. The second kappa shape index (κ2) is 5.68. The van der Waals surface area contributed by atoms with Crippen molar-refractivity contribution in [3.63, 3.8) is 0 Å². The van der Waals surface area contributed by atoms with Gasteiger partial charge in [0.1, 0.15) is 5.78 Å². The van der Waals surface area contributed by atoms with Crippen molar-refractivity contribution in [2.45, 2.75) is 52.7 Å². The molecule has 1 unspecified atom stereocenters. The minimum absolute atomic E-state index is 0.0349. The van der Waals surface area contributed by atoms with Crippen molar-refractivity contribution < 1.29 is 14.6 Å². The molecule has 106 valence electrons. The predicted molar refractivity (Wildman–Crippen MR) is 71.6 cm³/mol.